The Morgan fingerprint density at radius 1 is 1.03 bits per heavy atom. The van der Waals surface area contributed by atoms with Gasteiger partial charge in [0.1, 0.15) is 18.2 Å². The molecule has 0 unspecified atom stereocenters. The molecule has 0 spiro atoms. The summed E-state index contributed by atoms with van der Waals surface area (Å²) in [6, 6.07) is 7.89. The van der Waals surface area contributed by atoms with Crippen molar-refractivity contribution in [3.63, 3.8) is 0 Å². The van der Waals surface area contributed by atoms with Crippen LogP contribution in [0.1, 0.15) is 36.2 Å². The van der Waals surface area contributed by atoms with Crippen LogP contribution < -0.4 is 15.4 Å². The summed E-state index contributed by atoms with van der Waals surface area (Å²) < 4.78 is 24.3. The molecule has 3 aliphatic rings. The molecule has 3 saturated carbocycles. The number of nitrogens with zero attached hydrogens (tertiary/aromatic N) is 1. The van der Waals surface area contributed by atoms with Gasteiger partial charge < -0.3 is 20.1 Å². The molecule has 2 amide bonds. The SMILES string of the molecule is Cc1cc(COCC(=O)NC23CC(NC(=O)COc4ccc(Cl)c(F)c4)(C2)C3)cc(C)n1. The van der Waals surface area contributed by atoms with Gasteiger partial charge in [0.25, 0.3) is 5.91 Å². The second-order valence-electron chi connectivity index (χ2n) is 8.80. The Morgan fingerprint density at radius 2 is 1.62 bits per heavy atom. The van der Waals surface area contributed by atoms with Crippen molar-refractivity contribution in [3.05, 3.63) is 58.1 Å². The van der Waals surface area contributed by atoms with Crippen LogP contribution in [0, 0.1) is 19.7 Å². The molecule has 0 aliphatic heterocycles. The lowest BCUT2D eigenvalue weighted by Crippen LogP contribution is -2.84. The zero-order chi connectivity index (χ0) is 22.9. The molecule has 2 bridgehead atoms. The summed E-state index contributed by atoms with van der Waals surface area (Å²) in [5.74, 6) is -0.816. The van der Waals surface area contributed by atoms with E-state index < -0.39 is 5.82 Å². The summed E-state index contributed by atoms with van der Waals surface area (Å²) >= 11 is 5.63. The molecule has 0 radical (unpaired) electrons. The molecule has 9 heteroatoms. The lowest BCUT2D eigenvalue weighted by molar-refractivity contribution is -0.152. The van der Waals surface area contributed by atoms with Gasteiger partial charge in [0.2, 0.25) is 5.91 Å². The maximum absolute atomic E-state index is 13.4. The lowest BCUT2D eigenvalue weighted by Gasteiger charge is -2.70. The van der Waals surface area contributed by atoms with Gasteiger partial charge in [-0.25, -0.2) is 4.39 Å². The molecule has 2 N–H and O–H groups in total. The molecule has 0 saturated heterocycles. The zero-order valence-electron chi connectivity index (χ0n) is 18.0. The van der Waals surface area contributed by atoms with E-state index in [-0.39, 0.29) is 46.9 Å². The van der Waals surface area contributed by atoms with Crippen LogP contribution in [0.3, 0.4) is 0 Å². The number of carbonyl (C=O) groups excluding carboxylic acids is 2. The van der Waals surface area contributed by atoms with Crippen LogP contribution >= 0.6 is 11.6 Å². The fraction of sp³-hybridized carbons (Fsp3) is 0.435. The third kappa shape index (κ3) is 5.02. The van der Waals surface area contributed by atoms with E-state index in [4.69, 9.17) is 21.1 Å². The van der Waals surface area contributed by atoms with Crippen molar-refractivity contribution in [3.8, 4) is 5.75 Å². The van der Waals surface area contributed by atoms with Gasteiger partial charge in [-0.15, -0.1) is 0 Å². The van der Waals surface area contributed by atoms with Crippen LogP contribution in [0.15, 0.2) is 30.3 Å². The number of rotatable bonds is 9. The van der Waals surface area contributed by atoms with Crippen LogP contribution in [0.5, 0.6) is 5.75 Å². The molecule has 2 aromatic rings. The number of nitrogens with one attached hydrogen (secondary N) is 2. The Kier molecular flexibility index (Phi) is 6.09. The fourth-order valence-electron chi connectivity index (χ4n) is 4.70. The summed E-state index contributed by atoms with van der Waals surface area (Å²) in [6.07, 6.45) is 2.03. The molecule has 1 aromatic heterocycles. The first kappa shape index (κ1) is 22.5. The maximum atomic E-state index is 13.4. The van der Waals surface area contributed by atoms with Crippen molar-refractivity contribution in [1.29, 1.82) is 0 Å². The summed E-state index contributed by atoms with van der Waals surface area (Å²) in [6.45, 7) is 3.95. The first-order valence-electron chi connectivity index (χ1n) is 10.4. The second-order valence-corrected chi connectivity index (χ2v) is 9.21. The van der Waals surface area contributed by atoms with Crippen molar-refractivity contribution in [2.45, 2.75) is 50.8 Å². The van der Waals surface area contributed by atoms with E-state index >= 15 is 0 Å². The molecule has 3 aliphatic carbocycles. The number of hydrogen-bond acceptors (Lipinski definition) is 5. The van der Waals surface area contributed by atoms with E-state index in [0.29, 0.717) is 25.9 Å². The van der Waals surface area contributed by atoms with Crippen LogP contribution in [0.2, 0.25) is 5.02 Å². The van der Waals surface area contributed by atoms with Crippen molar-refractivity contribution >= 4 is 23.4 Å². The summed E-state index contributed by atoms with van der Waals surface area (Å²) in [4.78, 5) is 28.7. The minimum atomic E-state index is -0.600. The van der Waals surface area contributed by atoms with Crippen LogP contribution in [-0.4, -0.2) is 41.1 Å². The zero-order valence-corrected chi connectivity index (χ0v) is 18.7. The number of ether oxygens (including phenoxy) is 2. The molecule has 1 heterocycles. The van der Waals surface area contributed by atoms with Gasteiger partial charge in [0, 0.05) is 28.5 Å². The highest BCUT2D eigenvalue weighted by Crippen LogP contribution is 2.60. The number of pyridine rings is 1. The highest BCUT2D eigenvalue weighted by molar-refractivity contribution is 6.30. The van der Waals surface area contributed by atoms with Gasteiger partial charge in [0.05, 0.1) is 11.6 Å². The quantitative estimate of drug-likeness (QED) is 0.599. The molecule has 0 atom stereocenters. The molecule has 7 nitrogen and oxygen atoms in total. The molecule has 5 rings (SSSR count). The van der Waals surface area contributed by atoms with Crippen LogP contribution in [-0.2, 0) is 20.9 Å². The maximum Gasteiger partial charge on any atom is 0.258 e. The molecule has 3 fully saturated rings. The highest BCUT2D eigenvalue weighted by atomic mass is 35.5. The number of benzene rings is 1. The molecular formula is C23H25ClFN3O4. The predicted molar refractivity (Wildman–Crippen MR) is 116 cm³/mol. The van der Waals surface area contributed by atoms with E-state index in [1.54, 1.807) is 0 Å². The van der Waals surface area contributed by atoms with Gasteiger partial charge >= 0.3 is 0 Å². The summed E-state index contributed by atoms with van der Waals surface area (Å²) in [5.41, 5.74) is 2.25. The lowest BCUT2D eigenvalue weighted by atomic mass is 9.44. The van der Waals surface area contributed by atoms with E-state index in [0.717, 1.165) is 23.0 Å². The molecule has 170 valence electrons. The molecular weight excluding hydrogens is 437 g/mol. The molecule has 32 heavy (non-hydrogen) atoms. The average molecular weight is 462 g/mol. The third-order valence-electron chi connectivity index (χ3n) is 5.74. The Hall–Kier alpha value is -2.71. The first-order valence-corrected chi connectivity index (χ1v) is 10.8. The van der Waals surface area contributed by atoms with Crippen molar-refractivity contribution < 1.29 is 23.5 Å². The number of aryl methyl sites for hydroxylation is 2. The van der Waals surface area contributed by atoms with Gasteiger partial charge in [0.15, 0.2) is 6.61 Å². The Labute approximate surface area is 190 Å². The Bertz CT molecular complexity index is 1020. The number of amides is 2. The van der Waals surface area contributed by atoms with Crippen LogP contribution in [0.4, 0.5) is 4.39 Å². The largest absolute Gasteiger partial charge is 0.484 e. The second kappa shape index (κ2) is 8.67. The number of hydrogen-bond donors (Lipinski definition) is 2. The van der Waals surface area contributed by atoms with Gasteiger partial charge in [-0.05, 0) is 62.9 Å². The Balaban J connectivity index is 1.15. The van der Waals surface area contributed by atoms with E-state index in [9.17, 15) is 14.0 Å². The average Bonchev–Trinajstić information content (AvgIpc) is 2.65. The highest BCUT2D eigenvalue weighted by Gasteiger charge is 2.69. The van der Waals surface area contributed by atoms with Gasteiger partial charge in [-0.2, -0.15) is 0 Å². The van der Waals surface area contributed by atoms with Crippen molar-refractivity contribution in [2.75, 3.05) is 13.2 Å². The minimum Gasteiger partial charge on any atom is -0.484 e. The normalized spacial score (nSPS) is 23.0. The topological polar surface area (TPSA) is 89.6 Å². The minimum absolute atomic E-state index is 0.00373. The standard InChI is InChI=1S/C23H25ClFN3O4/c1-14-5-16(6-15(2)26-14)8-31-9-20(29)27-22-11-23(12-22,13-22)28-21(30)10-32-17-3-4-18(24)19(25)7-17/h3-7H,8-13H2,1-2H3,(H,27,29)(H,28,30). The van der Waals surface area contributed by atoms with E-state index in [1.165, 1.54) is 12.1 Å². The summed E-state index contributed by atoms with van der Waals surface area (Å²) in [5, 5.41) is 5.97. The number of aromatic nitrogens is 1. The van der Waals surface area contributed by atoms with E-state index in [1.807, 2.05) is 26.0 Å². The summed E-state index contributed by atoms with van der Waals surface area (Å²) in [7, 11) is 0. The van der Waals surface area contributed by atoms with Crippen molar-refractivity contribution in [2.24, 2.45) is 0 Å². The van der Waals surface area contributed by atoms with Crippen molar-refractivity contribution in [1.82, 2.24) is 15.6 Å². The number of carbonyl (C=O) groups is 2. The Morgan fingerprint density at radius 3 is 2.22 bits per heavy atom. The van der Waals surface area contributed by atoms with E-state index in [2.05, 4.69) is 15.6 Å². The van der Waals surface area contributed by atoms with Gasteiger partial charge in [-0.3, -0.25) is 14.6 Å². The smallest absolute Gasteiger partial charge is 0.258 e. The van der Waals surface area contributed by atoms with Gasteiger partial charge in [-0.1, -0.05) is 11.6 Å². The fourth-order valence-corrected chi connectivity index (χ4v) is 4.82. The first-order chi connectivity index (χ1) is 15.2. The van der Waals surface area contributed by atoms with Crippen LogP contribution in [0.25, 0.3) is 0 Å². The molecule has 1 aromatic carbocycles. The third-order valence-corrected chi connectivity index (χ3v) is 6.05. The monoisotopic (exact) mass is 461 g/mol. The predicted octanol–water partition coefficient (Wildman–Crippen LogP) is 2.99. The number of halogens is 2.